The highest BCUT2D eigenvalue weighted by atomic mass is 19.1. The van der Waals surface area contributed by atoms with Gasteiger partial charge in [0, 0.05) is 31.9 Å². The summed E-state index contributed by atoms with van der Waals surface area (Å²) in [4.78, 5) is 21.0. The summed E-state index contributed by atoms with van der Waals surface area (Å²) in [5.74, 6) is 4.11. The topological polar surface area (TPSA) is 66.4 Å². The average Bonchev–Trinajstić information content (AvgIpc) is 2.36. The third-order valence-corrected chi connectivity index (χ3v) is 2.52. The number of nitrogens with one attached hydrogen (secondary N) is 1. The van der Waals surface area contributed by atoms with Crippen molar-refractivity contribution in [3.63, 3.8) is 0 Å². The van der Waals surface area contributed by atoms with Gasteiger partial charge in [0.2, 0.25) is 5.91 Å². The molecule has 106 valence electrons. The summed E-state index contributed by atoms with van der Waals surface area (Å²) in [7, 11) is 0. The van der Waals surface area contributed by atoms with E-state index in [2.05, 4.69) is 17.2 Å². The number of hydrogen-bond acceptors (Lipinski definition) is 2. The molecule has 0 atom stereocenters. The lowest BCUT2D eigenvalue weighted by Crippen LogP contribution is -2.20. The molecule has 2 N–H and O–H groups in total. The number of aryl methyl sites for hydroxylation is 1. The molecule has 20 heavy (non-hydrogen) atoms. The highest BCUT2D eigenvalue weighted by Gasteiger charge is 2.05. The van der Waals surface area contributed by atoms with Crippen LogP contribution in [0.3, 0.4) is 0 Å². The van der Waals surface area contributed by atoms with E-state index < -0.39 is 11.8 Å². The zero-order valence-corrected chi connectivity index (χ0v) is 11.2. The summed E-state index contributed by atoms with van der Waals surface area (Å²) in [6.07, 6.45) is 0.554. The van der Waals surface area contributed by atoms with E-state index >= 15 is 0 Å². The van der Waals surface area contributed by atoms with Crippen molar-refractivity contribution in [2.45, 2.75) is 26.2 Å². The average molecular weight is 277 g/mol. The Morgan fingerprint density at radius 3 is 2.75 bits per heavy atom. The van der Waals surface area contributed by atoms with E-state index in [1.807, 2.05) is 0 Å². The van der Waals surface area contributed by atoms with Crippen LogP contribution in [0.5, 0.6) is 0 Å². The van der Waals surface area contributed by atoms with Gasteiger partial charge >= 0.3 is 5.97 Å². The summed E-state index contributed by atoms with van der Waals surface area (Å²) >= 11 is 0. The second-order valence-electron chi connectivity index (χ2n) is 4.23. The Hall–Kier alpha value is -2.35. The summed E-state index contributed by atoms with van der Waals surface area (Å²) in [5, 5.41) is 11.2. The van der Waals surface area contributed by atoms with Gasteiger partial charge in [0.1, 0.15) is 5.82 Å². The first kappa shape index (κ1) is 15.7. The fraction of sp³-hybridized carbons (Fsp3) is 0.333. The molecule has 0 radical (unpaired) electrons. The van der Waals surface area contributed by atoms with Gasteiger partial charge in [-0.15, -0.1) is 0 Å². The minimum atomic E-state index is -0.953. The predicted molar refractivity (Wildman–Crippen MR) is 72.5 cm³/mol. The molecule has 0 aliphatic heterocycles. The Morgan fingerprint density at radius 2 is 2.15 bits per heavy atom. The van der Waals surface area contributed by atoms with Gasteiger partial charge in [-0.25, -0.2) is 4.39 Å². The number of amides is 1. The van der Waals surface area contributed by atoms with Gasteiger partial charge in [-0.1, -0.05) is 17.9 Å². The minimum absolute atomic E-state index is 0.0986. The third-order valence-electron chi connectivity index (χ3n) is 2.52. The molecule has 1 amide bonds. The SMILES string of the molecule is CC(=O)NCCC#Cc1ccc(CCC(=O)O)c(F)c1. The Kier molecular flexibility index (Phi) is 6.24. The molecule has 1 aromatic carbocycles. The Morgan fingerprint density at radius 1 is 1.40 bits per heavy atom. The van der Waals surface area contributed by atoms with Gasteiger partial charge in [0.15, 0.2) is 0 Å². The molecule has 4 nitrogen and oxygen atoms in total. The van der Waals surface area contributed by atoms with Gasteiger partial charge in [-0.2, -0.15) is 0 Å². The van der Waals surface area contributed by atoms with Crippen molar-refractivity contribution >= 4 is 11.9 Å². The second kappa shape index (κ2) is 7.95. The van der Waals surface area contributed by atoms with Crippen LogP contribution in [0, 0.1) is 17.7 Å². The van der Waals surface area contributed by atoms with Gasteiger partial charge in [0.05, 0.1) is 0 Å². The predicted octanol–water partition coefficient (Wildman–Crippen LogP) is 1.72. The first-order valence-electron chi connectivity index (χ1n) is 6.22. The minimum Gasteiger partial charge on any atom is -0.481 e. The largest absolute Gasteiger partial charge is 0.481 e. The summed E-state index contributed by atoms with van der Waals surface area (Å²) in [6.45, 7) is 1.89. The summed E-state index contributed by atoms with van der Waals surface area (Å²) in [6, 6.07) is 4.50. The van der Waals surface area contributed by atoms with Gasteiger partial charge in [-0.05, 0) is 24.1 Å². The number of aliphatic carboxylic acids is 1. The molecular formula is C15H16FNO3. The van der Waals surface area contributed by atoms with E-state index in [9.17, 15) is 14.0 Å². The van der Waals surface area contributed by atoms with Crippen molar-refractivity contribution in [2.75, 3.05) is 6.54 Å². The quantitative estimate of drug-likeness (QED) is 0.636. The maximum Gasteiger partial charge on any atom is 0.303 e. The van der Waals surface area contributed by atoms with Crippen molar-refractivity contribution in [1.29, 1.82) is 0 Å². The van der Waals surface area contributed by atoms with Crippen LogP contribution in [0.1, 0.15) is 30.9 Å². The maximum absolute atomic E-state index is 13.7. The molecule has 0 spiro atoms. The smallest absolute Gasteiger partial charge is 0.303 e. The molecule has 5 heteroatoms. The molecule has 1 aromatic rings. The fourth-order valence-electron chi connectivity index (χ4n) is 1.54. The number of benzene rings is 1. The lowest BCUT2D eigenvalue weighted by molar-refractivity contribution is -0.137. The van der Waals surface area contributed by atoms with E-state index in [1.54, 1.807) is 12.1 Å². The molecule has 0 unspecified atom stereocenters. The van der Waals surface area contributed by atoms with Crippen molar-refractivity contribution in [1.82, 2.24) is 5.32 Å². The number of carboxylic acid groups (broad SMARTS) is 1. The van der Waals surface area contributed by atoms with Crippen molar-refractivity contribution in [3.8, 4) is 11.8 Å². The zero-order valence-electron chi connectivity index (χ0n) is 11.2. The van der Waals surface area contributed by atoms with Gasteiger partial charge in [0.25, 0.3) is 0 Å². The van der Waals surface area contributed by atoms with Crippen molar-refractivity contribution in [2.24, 2.45) is 0 Å². The van der Waals surface area contributed by atoms with Crippen LogP contribution >= 0.6 is 0 Å². The molecule has 0 fully saturated rings. The molecule has 0 aliphatic rings. The third kappa shape index (κ3) is 6.01. The molecule has 0 aliphatic carbocycles. The molecule has 0 aromatic heterocycles. The molecule has 0 saturated heterocycles. The van der Waals surface area contributed by atoms with Crippen molar-refractivity contribution in [3.05, 3.63) is 35.1 Å². The number of carboxylic acids is 1. The standard InChI is InChI=1S/C15H16FNO3/c1-11(18)17-9-3-2-4-12-5-6-13(14(16)10-12)7-8-15(19)20/h5-6,10H,3,7-9H2,1H3,(H,17,18)(H,19,20). The second-order valence-corrected chi connectivity index (χ2v) is 4.23. The molecule has 0 bridgehead atoms. The molecule has 0 heterocycles. The van der Waals surface area contributed by atoms with E-state index in [0.717, 1.165) is 0 Å². The molecule has 0 saturated carbocycles. The van der Waals surface area contributed by atoms with Gasteiger partial charge < -0.3 is 10.4 Å². The fourth-order valence-corrected chi connectivity index (χ4v) is 1.54. The highest BCUT2D eigenvalue weighted by Crippen LogP contribution is 2.12. The Bertz CT molecular complexity index is 558. The molecular weight excluding hydrogens is 261 g/mol. The Balaban J connectivity index is 2.56. The normalized spacial score (nSPS) is 9.50. The van der Waals surface area contributed by atoms with E-state index in [4.69, 9.17) is 5.11 Å². The summed E-state index contributed by atoms with van der Waals surface area (Å²) < 4.78 is 13.7. The van der Waals surface area contributed by atoms with Crippen LogP contribution in [0.2, 0.25) is 0 Å². The lowest BCUT2D eigenvalue weighted by Gasteiger charge is -2.01. The van der Waals surface area contributed by atoms with Gasteiger partial charge in [-0.3, -0.25) is 9.59 Å². The summed E-state index contributed by atoms with van der Waals surface area (Å²) in [5.41, 5.74) is 0.903. The highest BCUT2D eigenvalue weighted by molar-refractivity contribution is 5.72. The van der Waals surface area contributed by atoms with E-state index in [-0.39, 0.29) is 18.7 Å². The number of hydrogen-bond donors (Lipinski definition) is 2. The van der Waals surface area contributed by atoms with Crippen LogP contribution in [-0.4, -0.2) is 23.5 Å². The van der Waals surface area contributed by atoms with E-state index in [1.165, 1.54) is 13.0 Å². The number of carbonyl (C=O) groups excluding carboxylic acids is 1. The first-order valence-corrected chi connectivity index (χ1v) is 6.22. The molecule has 1 rings (SSSR count). The van der Waals surface area contributed by atoms with Crippen molar-refractivity contribution < 1.29 is 19.1 Å². The van der Waals surface area contributed by atoms with Crippen LogP contribution in [0.4, 0.5) is 4.39 Å². The van der Waals surface area contributed by atoms with Crippen LogP contribution in [0.15, 0.2) is 18.2 Å². The maximum atomic E-state index is 13.7. The number of carbonyl (C=O) groups is 2. The zero-order chi connectivity index (χ0) is 15.0. The van der Waals surface area contributed by atoms with Crippen LogP contribution < -0.4 is 5.32 Å². The Labute approximate surface area is 117 Å². The van der Waals surface area contributed by atoms with Crippen LogP contribution in [-0.2, 0) is 16.0 Å². The monoisotopic (exact) mass is 277 g/mol. The van der Waals surface area contributed by atoms with E-state index in [0.29, 0.717) is 24.1 Å². The number of halogens is 1. The lowest BCUT2D eigenvalue weighted by atomic mass is 10.1. The first-order chi connectivity index (χ1) is 9.49. The number of rotatable bonds is 5. The van der Waals surface area contributed by atoms with Crippen LogP contribution in [0.25, 0.3) is 0 Å².